The van der Waals surface area contributed by atoms with Crippen LogP contribution in [0.1, 0.15) is 12.8 Å². The molecule has 76 valence electrons. The monoisotopic (exact) mass is 205 g/mol. The minimum absolute atomic E-state index is 0.102. The van der Waals surface area contributed by atoms with Gasteiger partial charge in [-0.15, -0.1) is 0 Å². The Morgan fingerprint density at radius 1 is 1.23 bits per heavy atom. The van der Waals surface area contributed by atoms with Crippen molar-refractivity contribution in [3.8, 4) is 0 Å². The second-order valence-corrected chi connectivity index (χ2v) is 5.29. The molecule has 0 radical (unpaired) electrons. The van der Waals surface area contributed by atoms with Crippen molar-refractivity contribution in [3.05, 3.63) is 0 Å². The summed E-state index contributed by atoms with van der Waals surface area (Å²) < 4.78 is 27.4. The van der Waals surface area contributed by atoms with E-state index < -0.39 is 10.2 Å². The predicted octanol–water partition coefficient (Wildman–Crippen LogP) is -1.11. The second-order valence-electron chi connectivity index (χ2n) is 3.58. The van der Waals surface area contributed by atoms with Gasteiger partial charge in [-0.1, -0.05) is 0 Å². The van der Waals surface area contributed by atoms with Crippen LogP contribution in [0.25, 0.3) is 0 Å². The molecule has 2 saturated heterocycles. The third-order valence-electron chi connectivity index (χ3n) is 2.50. The van der Waals surface area contributed by atoms with E-state index >= 15 is 0 Å². The molecule has 2 rings (SSSR count). The van der Waals surface area contributed by atoms with Crippen LogP contribution in [0.3, 0.4) is 0 Å². The molecule has 2 N–H and O–H groups in total. The normalized spacial score (nSPS) is 26.2. The topological polar surface area (TPSA) is 61.4 Å². The van der Waals surface area contributed by atoms with Gasteiger partial charge in [0.25, 0.3) is 10.2 Å². The number of hydrogen-bond donors (Lipinski definition) is 2. The fourth-order valence-electron chi connectivity index (χ4n) is 1.59. The minimum atomic E-state index is -3.18. The average Bonchev–Trinajstić information content (AvgIpc) is 2.49. The van der Waals surface area contributed by atoms with Crippen molar-refractivity contribution in [2.75, 3.05) is 26.2 Å². The first-order valence-corrected chi connectivity index (χ1v) is 6.10. The van der Waals surface area contributed by atoms with Crippen molar-refractivity contribution in [2.24, 2.45) is 0 Å². The Labute approximate surface area is 78.7 Å². The number of rotatable bonds is 3. The van der Waals surface area contributed by atoms with Crippen LogP contribution in [0.2, 0.25) is 0 Å². The maximum atomic E-state index is 11.6. The van der Waals surface area contributed by atoms with Gasteiger partial charge in [-0.2, -0.15) is 17.4 Å². The average molecular weight is 205 g/mol. The molecule has 6 heteroatoms. The quantitative estimate of drug-likeness (QED) is 0.614. The molecule has 0 spiro atoms. The predicted molar refractivity (Wildman–Crippen MR) is 49.5 cm³/mol. The fraction of sp³-hybridized carbons (Fsp3) is 1.00. The lowest BCUT2D eigenvalue weighted by molar-refractivity contribution is 0.388. The second kappa shape index (κ2) is 3.53. The summed E-state index contributed by atoms with van der Waals surface area (Å²) >= 11 is 0. The molecule has 0 aromatic rings. The Morgan fingerprint density at radius 2 is 1.85 bits per heavy atom. The summed E-state index contributed by atoms with van der Waals surface area (Å²) in [7, 11) is -3.18. The molecule has 0 amide bonds. The molecule has 0 bridgehead atoms. The summed E-state index contributed by atoms with van der Waals surface area (Å²) in [6.07, 6.45) is 1.98. The van der Waals surface area contributed by atoms with Crippen molar-refractivity contribution in [3.63, 3.8) is 0 Å². The molecule has 2 fully saturated rings. The number of nitrogens with one attached hydrogen (secondary N) is 2. The van der Waals surface area contributed by atoms with Gasteiger partial charge in [0, 0.05) is 32.2 Å². The van der Waals surface area contributed by atoms with Crippen LogP contribution in [0.4, 0.5) is 0 Å². The van der Waals surface area contributed by atoms with Crippen LogP contribution in [0.15, 0.2) is 0 Å². The molecule has 2 heterocycles. The van der Waals surface area contributed by atoms with Crippen molar-refractivity contribution < 1.29 is 8.42 Å². The summed E-state index contributed by atoms with van der Waals surface area (Å²) in [6.45, 7) is 2.87. The molecule has 0 aromatic heterocycles. The van der Waals surface area contributed by atoms with E-state index in [9.17, 15) is 8.42 Å². The molecular weight excluding hydrogens is 190 g/mol. The summed E-state index contributed by atoms with van der Waals surface area (Å²) in [5.74, 6) is 0. The van der Waals surface area contributed by atoms with Crippen LogP contribution in [0, 0.1) is 0 Å². The Balaban J connectivity index is 1.93. The summed E-state index contributed by atoms with van der Waals surface area (Å²) in [5.41, 5.74) is 0. The minimum Gasteiger partial charge on any atom is -0.313 e. The van der Waals surface area contributed by atoms with Gasteiger partial charge in [0.15, 0.2) is 0 Å². The maximum Gasteiger partial charge on any atom is 0.279 e. The third-order valence-corrected chi connectivity index (χ3v) is 4.18. The molecule has 0 saturated carbocycles. The highest BCUT2D eigenvalue weighted by Crippen LogP contribution is 2.11. The lowest BCUT2D eigenvalue weighted by Crippen LogP contribution is -2.59. The number of hydrogen-bond acceptors (Lipinski definition) is 3. The van der Waals surface area contributed by atoms with Gasteiger partial charge in [-0.3, -0.25) is 0 Å². The standard InChI is InChI=1S/C7H15N3O2S/c11-13(12,9-7-5-8-6-7)10-3-1-2-4-10/h7-9H,1-6H2. The lowest BCUT2D eigenvalue weighted by Gasteiger charge is -2.29. The molecule has 2 aliphatic heterocycles. The third kappa shape index (κ3) is 2.01. The smallest absolute Gasteiger partial charge is 0.279 e. The van der Waals surface area contributed by atoms with Crippen LogP contribution < -0.4 is 10.0 Å². The first kappa shape index (κ1) is 9.39. The Morgan fingerprint density at radius 3 is 2.31 bits per heavy atom. The van der Waals surface area contributed by atoms with E-state index in [0.717, 1.165) is 25.9 Å². The van der Waals surface area contributed by atoms with Gasteiger partial charge in [0.1, 0.15) is 0 Å². The van der Waals surface area contributed by atoms with E-state index in [1.807, 2.05) is 0 Å². The SMILES string of the molecule is O=S(=O)(NC1CNC1)N1CCCC1. The Bertz CT molecular complexity index is 267. The molecule has 5 nitrogen and oxygen atoms in total. The summed E-state index contributed by atoms with van der Waals surface area (Å²) in [4.78, 5) is 0. The van der Waals surface area contributed by atoms with Gasteiger partial charge in [0.05, 0.1) is 0 Å². The molecule has 0 aliphatic carbocycles. The molecule has 2 aliphatic rings. The van der Waals surface area contributed by atoms with Gasteiger partial charge >= 0.3 is 0 Å². The zero-order valence-corrected chi connectivity index (χ0v) is 8.31. The molecule has 0 aromatic carbocycles. The lowest BCUT2D eigenvalue weighted by atomic mass is 10.2. The summed E-state index contributed by atoms with van der Waals surface area (Å²) in [6, 6.07) is 0.102. The molecule has 13 heavy (non-hydrogen) atoms. The van der Waals surface area contributed by atoms with Crippen LogP contribution in [-0.4, -0.2) is 44.9 Å². The summed E-state index contributed by atoms with van der Waals surface area (Å²) in [5, 5.41) is 3.03. The first-order chi connectivity index (χ1) is 6.18. The van der Waals surface area contributed by atoms with Crippen molar-refractivity contribution in [1.82, 2.24) is 14.3 Å². The zero-order valence-electron chi connectivity index (χ0n) is 7.49. The van der Waals surface area contributed by atoms with E-state index in [1.165, 1.54) is 4.31 Å². The van der Waals surface area contributed by atoms with E-state index in [4.69, 9.17) is 0 Å². The molecule has 0 unspecified atom stereocenters. The Hall–Kier alpha value is -0.170. The number of nitrogens with zero attached hydrogens (tertiary/aromatic N) is 1. The van der Waals surface area contributed by atoms with E-state index in [-0.39, 0.29) is 6.04 Å². The van der Waals surface area contributed by atoms with Gasteiger partial charge in [0.2, 0.25) is 0 Å². The van der Waals surface area contributed by atoms with Gasteiger partial charge < -0.3 is 5.32 Å². The highest BCUT2D eigenvalue weighted by Gasteiger charge is 2.29. The maximum absolute atomic E-state index is 11.6. The largest absolute Gasteiger partial charge is 0.313 e. The molecule has 0 atom stereocenters. The van der Waals surface area contributed by atoms with Crippen LogP contribution in [-0.2, 0) is 10.2 Å². The van der Waals surface area contributed by atoms with Crippen molar-refractivity contribution >= 4 is 10.2 Å². The van der Waals surface area contributed by atoms with Gasteiger partial charge in [-0.25, -0.2) is 0 Å². The highest BCUT2D eigenvalue weighted by atomic mass is 32.2. The zero-order chi connectivity index (χ0) is 9.31. The fourth-order valence-corrected chi connectivity index (χ4v) is 3.06. The van der Waals surface area contributed by atoms with E-state index in [2.05, 4.69) is 10.0 Å². The van der Waals surface area contributed by atoms with E-state index in [0.29, 0.717) is 13.1 Å². The van der Waals surface area contributed by atoms with Gasteiger partial charge in [-0.05, 0) is 12.8 Å². The van der Waals surface area contributed by atoms with Crippen LogP contribution >= 0.6 is 0 Å². The first-order valence-electron chi connectivity index (χ1n) is 4.66. The van der Waals surface area contributed by atoms with Crippen LogP contribution in [0.5, 0.6) is 0 Å². The Kier molecular flexibility index (Phi) is 2.55. The molecular formula is C7H15N3O2S. The van der Waals surface area contributed by atoms with Crippen molar-refractivity contribution in [1.29, 1.82) is 0 Å². The van der Waals surface area contributed by atoms with Crippen molar-refractivity contribution in [2.45, 2.75) is 18.9 Å². The van der Waals surface area contributed by atoms with E-state index in [1.54, 1.807) is 0 Å². The highest BCUT2D eigenvalue weighted by molar-refractivity contribution is 7.87.